The van der Waals surface area contributed by atoms with Crippen LogP contribution in [0.4, 0.5) is 13.2 Å². The first kappa shape index (κ1) is 12.9. The predicted molar refractivity (Wildman–Crippen MR) is 68.9 cm³/mol. The summed E-state index contributed by atoms with van der Waals surface area (Å²) in [6, 6.07) is 5.05. The molecular weight excluding hydrogens is 291 g/mol. The van der Waals surface area contributed by atoms with Gasteiger partial charge in [0, 0.05) is 11.6 Å². The van der Waals surface area contributed by atoms with Crippen molar-refractivity contribution in [1.82, 2.24) is 14.6 Å². The Morgan fingerprint density at radius 3 is 2.75 bits per heavy atom. The summed E-state index contributed by atoms with van der Waals surface area (Å²) in [5.74, 6) is 0. The lowest BCUT2D eigenvalue weighted by Gasteiger charge is -2.08. The summed E-state index contributed by atoms with van der Waals surface area (Å²) in [6.07, 6.45) is -4.64. The molecular formula is C12H8F3N3OS. The number of H-pyrrole nitrogens is 1. The molecule has 0 amide bonds. The highest BCUT2D eigenvalue weighted by molar-refractivity contribution is 7.13. The number of thiophene rings is 1. The molecule has 0 saturated carbocycles. The fraction of sp³-hybridized carbons (Fsp3) is 0.167. The van der Waals surface area contributed by atoms with Crippen LogP contribution in [0.2, 0.25) is 0 Å². The van der Waals surface area contributed by atoms with Gasteiger partial charge < -0.3 is 0 Å². The molecule has 0 aliphatic carbocycles. The number of fused-ring (bicyclic) bond motifs is 1. The maximum absolute atomic E-state index is 12.8. The molecule has 0 radical (unpaired) electrons. The highest BCUT2D eigenvalue weighted by Crippen LogP contribution is 2.30. The molecule has 3 heterocycles. The standard InChI is InChI=1S/C12H8F3N3OS/c1-6-10(12(13,14)15)16-9-5-7(8-3-2-4-20-8)17-18(9)11(6)19/h2-5,17H,1H3. The summed E-state index contributed by atoms with van der Waals surface area (Å²) in [7, 11) is 0. The molecule has 0 unspecified atom stereocenters. The normalized spacial score (nSPS) is 12.2. The Hall–Kier alpha value is -2.09. The maximum Gasteiger partial charge on any atom is 0.433 e. The molecule has 0 atom stereocenters. The second-order valence-electron chi connectivity index (χ2n) is 4.23. The Kier molecular flexibility index (Phi) is 2.72. The number of rotatable bonds is 1. The van der Waals surface area contributed by atoms with Crippen LogP contribution in [0, 0.1) is 6.92 Å². The average molecular weight is 299 g/mol. The van der Waals surface area contributed by atoms with E-state index in [4.69, 9.17) is 0 Å². The first-order valence-electron chi connectivity index (χ1n) is 5.61. The number of alkyl halides is 3. The van der Waals surface area contributed by atoms with E-state index in [9.17, 15) is 18.0 Å². The van der Waals surface area contributed by atoms with E-state index in [0.29, 0.717) is 5.69 Å². The number of nitrogens with one attached hydrogen (secondary N) is 1. The van der Waals surface area contributed by atoms with Crippen molar-refractivity contribution in [3.8, 4) is 10.6 Å². The molecule has 0 bridgehead atoms. The summed E-state index contributed by atoms with van der Waals surface area (Å²) >= 11 is 1.41. The Labute approximate surface area is 114 Å². The van der Waals surface area contributed by atoms with Crippen molar-refractivity contribution in [3.05, 3.63) is 45.2 Å². The predicted octanol–water partition coefficient (Wildman–Crippen LogP) is 3.08. The van der Waals surface area contributed by atoms with Crippen molar-refractivity contribution in [2.24, 2.45) is 0 Å². The zero-order valence-corrected chi connectivity index (χ0v) is 11.0. The number of nitrogens with zero attached hydrogens (tertiary/aromatic N) is 2. The minimum Gasteiger partial charge on any atom is -0.288 e. The van der Waals surface area contributed by atoms with Gasteiger partial charge in [-0.1, -0.05) is 6.07 Å². The zero-order chi connectivity index (χ0) is 14.5. The molecule has 0 aliphatic rings. The van der Waals surface area contributed by atoms with Crippen LogP contribution < -0.4 is 5.56 Å². The lowest BCUT2D eigenvalue weighted by Crippen LogP contribution is -2.24. The molecule has 3 aromatic rings. The minimum atomic E-state index is -4.64. The second kappa shape index (κ2) is 4.20. The van der Waals surface area contributed by atoms with Gasteiger partial charge in [-0.3, -0.25) is 9.89 Å². The molecule has 3 rings (SSSR count). The van der Waals surface area contributed by atoms with Gasteiger partial charge in [-0.05, 0) is 18.4 Å². The Morgan fingerprint density at radius 2 is 2.15 bits per heavy atom. The average Bonchev–Trinajstić information content (AvgIpc) is 3.00. The van der Waals surface area contributed by atoms with Crippen molar-refractivity contribution < 1.29 is 13.2 Å². The van der Waals surface area contributed by atoms with Crippen LogP contribution >= 0.6 is 11.3 Å². The number of aromatic nitrogens is 3. The quantitative estimate of drug-likeness (QED) is 0.750. The van der Waals surface area contributed by atoms with Gasteiger partial charge in [-0.15, -0.1) is 11.3 Å². The third-order valence-electron chi connectivity index (χ3n) is 2.90. The van der Waals surface area contributed by atoms with Gasteiger partial charge in [0.15, 0.2) is 11.3 Å². The van der Waals surface area contributed by atoms with E-state index in [2.05, 4.69) is 10.1 Å². The van der Waals surface area contributed by atoms with Crippen LogP contribution in [-0.4, -0.2) is 14.6 Å². The summed E-state index contributed by atoms with van der Waals surface area (Å²) < 4.78 is 39.5. The summed E-state index contributed by atoms with van der Waals surface area (Å²) in [5.41, 5.74) is -1.79. The second-order valence-corrected chi connectivity index (χ2v) is 5.18. The monoisotopic (exact) mass is 299 g/mol. The molecule has 0 spiro atoms. The van der Waals surface area contributed by atoms with Crippen LogP contribution in [0.15, 0.2) is 28.4 Å². The van der Waals surface area contributed by atoms with Crippen molar-refractivity contribution in [1.29, 1.82) is 0 Å². The largest absolute Gasteiger partial charge is 0.433 e. The molecule has 0 aromatic carbocycles. The molecule has 1 N–H and O–H groups in total. The van der Waals surface area contributed by atoms with Gasteiger partial charge in [0.25, 0.3) is 5.56 Å². The highest BCUT2D eigenvalue weighted by atomic mass is 32.1. The van der Waals surface area contributed by atoms with Gasteiger partial charge in [0.1, 0.15) is 0 Å². The lowest BCUT2D eigenvalue weighted by atomic mass is 10.2. The Morgan fingerprint density at radius 1 is 1.40 bits per heavy atom. The van der Waals surface area contributed by atoms with Crippen LogP contribution in [0.1, 0.15) is 11.3 Å². The van der Waals surface area contributed by atoms with Crippen molar-refractivity contribution in [2.75, 3.05) is 0 Å². The van der Waals surface area contributed by atoms with E-state index in [0.717, 1.165) is 16.3 Å². The first-order valence-corrected chi connectivity index (χ1v) is 6.49. The van der Waals surface area contributed by atoms with E-state index in [1.807, 2.05) is 11.4 Å². The molecule has 8 heteroatoms. The molecule has 0 aliphatic heterocycles. The van der Waals surface area contributed by atoms with Crippen LogP contribution in [-0.2, 0) is 6.18 Å². The molecule has 4 nitrogen and oxygen atoms in total. The molecule has 0 saturated heterocycles. The maximum atomic E-state index is 12.8. The van der Waals surface area contributed by atoms with Gasteiger partial charge in [-0.2, -0.15) is 13.2 Å². The fourth-order valence-corrected chi connectivity index (χ4v) is 2.63. The van der Waals surface area contributed by atoms with Crippen LogP contribution in [0.25, 0.3) is 16.2 Å². The number of hydrogen-bond donors (Lipinski definition) is 1. The smallest absolute Gasteiger partial charge is 0.288 e. The number of aromatic amines is 1. The Bertz CT molecular complexity index is 830. The third kappa shape index (κ3) is 1.92. The van der Waals surface area contributed by atoms with Crippen LogP contribution in [0.3, 0.4) is 0 Å². The SMILES string of the molecule is Cc1c(C(F)(F)F)nc2cc(-c3cccs3)[nH]n2c1=O. The number of hydrogen-bond acceptors (Lipinski definition) is 3. The highest BCUT2D eigenvalue weighted by Gasteiger charge is 2.36. The summed E-state index contributed by atoms with van der Waals surface area (Å²) in [4.78, 5) is 16.3. The molecule has 104 valence electrons. The number of halogens is 3. The van der Waals surface area contributed by atoms with Gasteiger partial charge in [0.2, 0.25) is 0 Å². The van der Waals surface area contributed by atoms with E-state index >= 15 is 0 Å². The molecule has 3 aromatic heterocycles. The summed E-state index contributed by atoms with van der Waals surface area (Å²) in [5, 5.41) is 4.61. The third-order valence-corrected chi connectivity index (χ3v) is 3.80. The van der Waals surface area contributed by atoms with E-state index in [1.54, 1.807) is 6.07 Å². The van der Waals surface area contributed by atoms with Gasteiger partial charge >= 0.3 is 6.18 Å². The molecule has 20 heavy (non-hydrogen) atoms. The van der Waals surface area contributed by atoms with Crippen molar-refractivity contribution >= 4 is 17.0 Å². The molecule has 0 fully saturated rings. The van der Waals surface area contributed by atoms with E-state index in [-0.39, 0.29) is 5.65 Å². The minimum absolute atomic E-state index is 0.0451. The van der Waals surface area contributed by atoms with Gasteiger partial charge in [0.05, 0.1) is 10.6 Å². The van der Waals surface area contributed by atoms with Crippen LogP contribution in [0.5, 0.6) is 0 Å². The first-order chi connectivity index (χ1) is 9.38. The van der Waals surface area contributed by atoms with E-state index < -0.39 is 23.0 Å². The Balaban J connectivity index is 2.30. The van der Waals surface area contributed by atoms with E-state index in [1.165, 1.54) is 17.4 Å². The van der Waals surface area contributed by atoms with Crippen molar-refractivity contribution in [2.45, 2.75) is 13.1 Å². The van der Waals surface area contributed by atoms with Gasteiger partial charge in [-0.25, -0.2) is 9.50 Å². The fourth-order valence-electron chi connectivity index (χ4n) is 1.94. The zero-order valence-electron chi connectivity index (χ0n) is 10.2. The topological polar surface area (TPSA) is 50.2 Å². The lowest BCUT2D eigenvalue weighted by molar-refractivity contribution is -0.141. The summed E-state index contributed by atoms with van der Waals surface area (Å²) in [6.45, 7) is 1.12. The van der Waals surface area contributed by atoms with Crippen molar-refractivity contribution in [3.63, 3.8) is 0 Å².